The second kappa shape index (κ2) is 7.09. The minimum absolute atomic E-state index is 0.0947. The van der Waals surface area contributed by atoms with Gasteiger partial charge in [0.25, 0.3) is 0 Å². The summed E-state index contributed by atoms with van der Waals surface area (Å²) in [5.41, 5.74) is 2.38. The summed E-state index contributed by atoms with van der Waals surface area (Å²) in [5, 5.41) is 6.33. The van der Waals surface area contributed by atoms with Crippen molar-refractivity contribution in [1.29, 1.82) is 0 Å². The van der Waals surface area contributed by atoms with Gasteiger partial charge in [0.1, 0.15) is 0 Å². The van der Waals surface area contributed by atoms with E-state index in [1.54, 1.807) is 0 Å². The molecule has 0 aliphatic carbocycles. The first-order valence-corrected chi connectivity index (χ1v) is 7.86. The van der Waals surface area contributed by atoms with E-state index in [1.807, 2.05) is 0 Å². The highest BCUT2D eigenvalue weighted by atomic mass is 79.9. The summed E-state index contributed by atoms with van der Waals surface area (Å²) in [4.78, 5) is 13.7. The van der Waals surface area contributed by atoms with E-state index in [1.165, 1.54) is 5.56 Å². The number of halogens is 1. The zero-order valence-corrected chi connectivity index (χ0v) is 13.7. The van der Waals surface area contributed by atoms with Crippen molar-refractivity contribution in [1.82, 2.24) is 10.6 Å². The second-order valence-corrected chi connectivity index (χ2v) is 6.48. The van der Waals surface area contributed by atoms with Crippen LogP contribution in [0.2, 0.25) is 0 Å². The fourth-order valence-corrected chi connectivity index (χ4v) is 2.67. The molecule has 0 saturated carbocycles. The number of hydrogen-bond acceptors (Lipinski definition) is 3. The molecule has 110 valence electrons. The molecule has 1 amide bonds. The number of nitrogens with one attached hydrogen (secondary N) is 2. The van der Waals surface area contributed by atoms with Gasteiger partial charge < -0.3 is 15.5 Å². The van der Waals surface area contributed by atoms with Crippen molar-refractivity contribution >= 4 is 27.5 Å². The molecule has 2 N–H and O–H groups in total. The molecule has 1 aliphatic rings. The van der Waals surface area contributed by atoms with Gasteiger partial charge in [-0.2, -0.15) is 0 Å². The minimum atomic E-state index is 0.0947. The van der Waals surface area contributed by atoms with Crippen LogP contribution in [-0.4, -0.2) is 32.1 Å². The van der Waals surface area contributed by atoms with Crippen LogP contribution >= 0.6 is 15.9 Å². The normalized spacial score (nSPS) is 15.6. The van der Waals surface area contributed by atoms with E-state index in [0.717, 1.165) is 29.8 Å². The number of hydrogen-bond donors (Lipinski definition) is 2. The molecular formula is C15H22BrN3O. The van der Waals surface area contributed by atoms with Gasteiger partial charge in [-0.25, -0.2) is 0 Å². The number of anilines is 1. The molecule has 0 radical (unpaired) electrons. The maximum absolute atomic E-state index is 11.6. The van der Waals surface area contributed by atoms with Gasteiger partial charge >= 0.3 is 0 Å². The molecule has 1 fully saturated rings. The largest absolute Gasteiger partial charge is 0.360 e. The van der Waals surface area contributed by atoms with Crippen molar-refractivity contribution in [2.45, 2.75) is 20.4 Å². The van der Waals surface area contributed by atoms with Gasteiger partial charge in [-0.1, -0.05) is 35.8 Å². The quantitative estimate of drug-likeness (QED) is 0.863. The number of benzene rings is 1. The number of carbonyl (C=O) groups is 1. The van der Waals surface area contributed by atoms with Crippen LogP contribution in [0, 0.1) is 5.92 Å². The second-order valence-electron chi connectivity index (χ2n) is 5.57. The topological polar surface area (TPSA) is 44.4 Å². The van der Waals surface area contributed by atoms with Crippen molar-refractivity contribution in [2.75, 3.05) is 31.1 Å². The number of piperazine rings is 1. The van der Waals surface area contributed by atoms with Crippen LogP contribution in [0.15, 0.2) is 22.7 Å². The highest BCUT2D eigenvalue weighted by molar-refractivity contribution is 9.10. The third kappa shape index (κ3) is 4.21. The molecule has 0 bridgehead atoms. The highest BCUT2D eigenvalue weighted by Gasteiger charge is 2.19. The van der Waals surface area contributed by atoms with E-state index in [9.17, 15) is 4.79 Å². The summed E-state index contributed by atoms with van der Waals surface area (Å²) in [5.74, 6) is 0.729. The molecule has 0 aromatic heterocycles. The van der Waals surface area contributed by atoms with Gasteiger partial charge in [0.05, 0.1) is 6.54 Å². The monoisotopic (exact) mass is 339 g/mol. The molecule has 0 spiro atoms. The Labute approximate surface area is 129 Å². The Bertz CT molecular complexity index is 476. The first-order valence-electron chi connectivity index (χ1n) is 7.07. The van der Waals surface area contributed by atoms with Crippen LogP contribution < -0.4 is 15.5 Å². The SMILES string of the molecule is CC(C)CNCc1ccc(Br)cc1N1CCNC(=O)C1. The predicted octanol–water partition coefficient (Wildman–Crippen LogP) is 2.13. The average Bonchev–Trinajstić information content (AvgIpc) is 2.40. The molecule has 1 saturated heterocycles. The fourth-order valence-electron chi connectivity index (χ4n) is 2.32. The maximum Gasteiger partial charge on any atom is 0.239 e. The smallest absolute Gasteiger partial charge is 0.239 e. The van der Waals surface area contributed by atoms with E-state index in [2.05, 4.69) is 63.5 Å². The molecule has 1 aromatic carbocycles. The van der Waals surface area contributed by atoms with Gasteiger partial charge in [0.2, 0.25) is 5.91 Å². The van der Waals surface area contributed by atoms with E-state index < -0.39 is 0 Å². The van der Waals surface area contributed by atoms with Crippen molar-refractivity contribution in [3.05, 3.63) is 28.2 Å². The Hall–Kier alpha value is -1.07. The van der Waals surface area contributed by atoms with E-state index >= 15 is 0 Å². The highest BCUT2D eigenvalue weighted by Crippen LogP contribution is 2.25. The summed E-state index contributed by atoms with van der Waals surface area (Å²) in [6.45, 7) is 8.24. The van der Waals surface area contributed by atoms with Crippen LogP contribution in [0.3, 0.4) is 0 Å². The molecule has 4 nitrogen and oxygen atoms in total. The van der Waals surface area contributed by atoms with Crippen LogP contribution in [0.25, 0.3) is 0 Å². The van der Waals surface area contributed by atoms with Crippen molar-refractivity contribution < 1.29 is 4.79 Å². The van der Waals surface area contributed by atoms with Crippen LogP contribution in [0.1, 0.15) is 19.4 Å². The van der Waals surface area contributed by atoms with Gasteiger partial charge in [-0.05, 0) is 30.2 Å². The van der Waals surface area contributed by atoms with Crippen LogP contribution in [0.5, 0.6) is 0 Å². The first kappa shape index (κ1) is 15.3. The zero-order valence-electron chi connectivity index (χ0n) is 12.1. The third-order valence-electron chi connectivity index (χ3n) is 3.29. The van der Waals surface area contributed by atoms with Crippen molar-refractivity contribution in [3.63, 3.8) is 0 Å². The van der Waals surface area contributed by atoms with Crippen LogP contribution in [0.4, 0.5) is 5.69 Å². The minimum Gasteiger partial charge on any atom is -0.360 e. The lowest BCUT2D eigenvalue weighted by molar-refractivity contribution is -0.120. The summed E-state index contributed by atoms with van der Waals surface area (Å²) >= 11 is 3.52. The lowest BCUT2D eigenvalue weighted by Gasteiger charge is -2.30. The summed E-state index contributed by atoms with van der Waals surface area (Å²) in [6, 6.07) is 6.28. The molecule has 2 rings (SSSR count). The van der Waals surface area contributed by atoms with E-state index in [-0.39, 0.29) is 5.91 Å². The van der Waals surface area contributed by atoms with Gasteiger partial charge in [0, 0.05) is 29.8 Å². The number of carbonyl (C=O) groups excluding carboxylic acids is 1. The number of rotatable bonds is 5. The van der Waals surface area contributed by atoms with E-state index in [0.29, 0.717) is 19.0 Å². The molecule has 5 heteroatoms. The number of amides is 1. The third-order valence-corrected chi connectivity index (χ3v) is 3.79. The molecule has 0 atom stereocenters. The lowest BCUT2D eigenvalue weighted by Crippen LogP contribution is -2.48. The van der Waals surface area contributed by atoms with Crippen LogP contribution in [-0.2, 0) is 11.3 Å². The fraction of sp³-hybridized carbons (Fsp3) is 0.533. The first-order chi connectivity index (χ1) is 9.56. The Morgan fingerprint density at radius 1 is 1.45 bits per heavy atom. The average molecular weight is 340 g/mol. The predicted molar refractivity (Wildman–Crippen MR) is 85.9 cm³/mol. The van der Waals surface area contributed by atoms with E-state index in [4.69, 9.17) is 0 Å². The molecule has 0 unspecified atom stereocenters. The van der Waals surface area contributed by atoms with Gasteiger partial charge in [-0.3, -0.25) is 4.79 Å². The Morgan fingerprint density at radius 2 is 2.25 bits per heavy atom. The summed E-state index contributed by atoms with van der Waals surface area (Å²) in [6.07, 6.45) is 0. The van der Waals surface area contributed by atoms with Crippen molar-refractivity contribution in [3.8, 4) is 0 Å². The molecular weight excluding hydrogens is 318 g/mol. The van der Waals surface area contributed by atoms with Crippen molar-refractivity contribution in [2.24, 2.45) is 5.92 Å². The number of nitrogens with zero attached hydrogens (tertiary/aromatic N) is 1. The summed E-state index contributed by atoms with van der Waals surface area (Å²) in [7, 11) is 0. The summed E-state index contributed by atoms with van der Waals surface area (Å²) < 4.78 is 1.05. The Balaban J connectivity index is 2.12. The Kier molecular flexibility index (Phi) is 5.43. The Morgan fingerprint density at radius 3 is 2.95 bits per heavy atom. The molecule has 20 heavy (non-hydrogen) atoms. The molecule has 1 aromatic rings. The molecule has 1 heterocycles. The lowest BCUT2D eigenvalue weighted by atomic mass is 10.1. The maximum atomic E-state index is 11.6. The standard InChI is InChI=1S/C15H22BrN3O/c1-11(2)8-17-9-12-3-4-13(16)7-14(12)19-6-5-18-15(20)10-19/h3-4,7,11,17H,5-6,8-10H2,1-2H3,(H,18,20). The van der Waals surface area contributed by atoms with Gasteiger partial charge in [-0.15, -0.1) is 0 Å². The van der Waals surface area contributed by atoms with Gasteiger partial charge in [0.15, 0.2) is 0 Å². The molecule has 1 aliphatic heterocycles. The zero-order chi connectivity index (χ0) is 14.5.